The van der Waals surface area contributed by atoms with E-state index in [0.29, 0.717) is 6.04 Å². The summed E-state index contributed by atoms with van der Waals surface area (Å²) in [6, 6.07) is 8.75. The van der Waals surface area contributed by atoms with E-state index in [1.165, 1.54) is 5.56 Å². The topological polar surface area (TPSA) is 33.3 Å². The maximum atomic E-state index is 5.69. The molecule has 1 aromatic carbocycles. The Morgan fingerprint density at radius 2 is 2.00 bits per heavy atom. The highest BCUT2D eigenvalue weighted by atomic mass is 16.5. The summed E-state index contributed by atoms with van der Waals surface area (Å²) in [6.07, 6.45) is 0.223. The zero-order valence-corrected chi connectivity index (χ0v) is 12.0. The van der Waals surface area contributed by atoms with Gasteiger partial charge in [0, 0.05) is 19.1 Å². The molecular formula is C15H26N2O. The molecule has 0 bridgehead atoms. The van der Waals surface area contributed by atoms with Crippen molar-refractivity contribution in [3.8, 4) is 5.75 Å². The van der Waals surface area contributed by atoms with Crippen molar-refractivity contribution < 1.29 is 4.74 Å². The molecular weight excluding hydrogens is 224 g/mol. The number of nitrogens with one attached hydrogen (secondary N) is 2. The molecule has 1 unspecified atom stereocenters. The van der Waals surface area contributed by atoms with E-state index in [0.717, 1.165) is 25.4 Å². The van der Waals surface area contributed by atoms with Crippen LogP contribution in [0, 0.1) is 0 Å². The summed E-state index contributed by atoms with van der Waals surface area (Å²) < 4.78 is 5.69. The number of benzene rings is 1. The predicted octanol–water partition coefficient (Wildman–Crippen LogP) is 2.56. The Bertz CT molecular complexity index is 339. The maximum Gasteiger partial charge on any atom is 0.120 e. The standard InChI is InChI=1S/C15H26N2O/c1-5-16-10-13(4)17-11-14-7-6-8-15(9-14)18-12(2)3/h6-9,12-13,16-17H,5,10-11H2,1-4H3. The molecule has 3 nitrogen and oxygen atoms in total. The van der Waals surface area contributed by atoms with Crippen LogP contribution in [0.5, 0.6) is 5.75 Å². The van der Waals surface area contributed by atoms with Gasteiger partial charge in [-0.15, -0.1) is 0 Å². The van der Waals surface area contributed by atoms with Gasteiger partial charge in [0.1, 0.15) is 5.75 Å². The second kappa shape index (κ2) is 8.11. The molecule has 0 fully saturated rings. The maximum absolute atomic E-state index is 5.69. The van der Waals surface area contributed by atoms with Crippen LogP contribution in [0.15, 0.2) is 24.3 Å². The van der Waals surface area contributed by atoms with Crippen molar-refractivity contribution in [2.24, 2.45) is 0 Å². The van der Waals surface area contributed by atoms with E-state index in [2.05, 4.69) is 36.6 Å². The Morgan fingerprint density at radius 3 is 2.67 bits per heavy atom. The van der Waals surface area contributed by atoms with E-state index in [9.17, 15) is 0 Å². The van der Waals surface area contributed by atoms with Crippen molar-refractivity contribution >= 4 is 0 Å². The van der Waals surface area contributed by atoms with Gasteiger partial charge in [0.2, 0.25) is 0 Å². The lowest BCUT2D eigenvalue weighted by Crippen LogP contribution is -2.35. The molecule has 0 aromatic heterocycles. The fraction of sp³-hybridized carbons (Fsp3) is 0.600. The van der Waals surface area contributed by atoms with Crippen molar-refractivity contribution in [2.45, 2.75) is 46.4 Å². The Balaban J connectivity index is 2.42. The number of likely N-dealkylation sites (N-methyl/N-ethyl adjacent to an activating group) is 1. The van der Waals surface area contributed by atoms with Crippen LogP contribution in [0.4, 0.5) is 0 Å². The highest BCUT2D eigenvalue weighted by molar-refractivity contribution is 5.28. The molecule has 2 N–H and O–H groups in total. The van der Waals surface area contributed by atoms with Gasteiger partial charge in [0.15, 0.2) is 0 Å². The average molecular weight is 250 g/mol. The van der Waals surface area contributed by atoms with Gasteiger partial charge in [-0.25, -0.2) is 0 Å². The summed E-state index contributed by atoms with van der Waals surface area (Å²) >= 11 is 0. The molecule has 0 spiro atoms. The van der Waals surface area contributed by atoms with Crippen LogP contribution in [-0.2, 0) is 6.54 Å². The van der Waals surface area contributed by atoms with Crippen LogP contribution in [0.2, 0.25) is 0 Å². The van der Waals surface area contributed by atoms with E-state index in [-0.39, 0.29) is 6.10 Å². The minimum atomic E-state index is 0.223. The molecule has 0 aliphatic rings. The average Bonchev–Trinajstić information content (AvgIpc) is 2.33. The van der Waals surface area contributed by atoms with Crippen molar-refractivity contribution in [1.82, 2.24) is 10.6 Å². The Kier molecular flexibility index (Phi) is 6.76. The molecule has 102 valence electrons. The molecule has 0 saturated carbocycles. The molecule has 1 atom stereocenters. The molecule has 0 aliphatic heterocycles. The van der Waals surface area contributed by atoms with Crippen LogP contribution < -0.4 is 15.4 Å². The van der Waals surface area contributed by atoms with Gasteiger partial charge in [-0.05, 0) is 45.0 Å². The predicted molar refractivity (Wildman–Crippen MR) is 77.1 cm³/mol. The molecule has 3 heteroatoms. The summed E-state index contributed by atoms with van der Waals surface area (Å²) in [5, 5.41) is 6.83. The van der Waals surface area contributed by atoms with Gasteiger partial charge in [-0.1, -0.05) is 19.1 Å². The van der Waals surface area contributed by atoms with Crippen molar-refractivity contribution in [1.29, 1.82) is 0 Å². The lowest BCUT2D eigenvalue weighted by atomic mass is 10.2. The second-order valence-electron chi connectivity index (χ2n) is 4.90. The summed E-state index contributed by atoms with van der Waals surface area (Å²) in [6.45, 7) is 11.3. The first-order chi connectivity index (χ1) is 8.61. The summed E-state index contributed by atoms with van der Waals surface area (Å²) in [5.41, 5.74) is 1.26. The highest BCUT2D eigenvalue weighted by Gasteiger charge is 2.02. The third-order valence-corrected chi connectivity index (χ3v) is 2.63. The molecule has 1 rings (SSSR count). The van der Waals surface area contributed by atoms with Gasteiger partial charge in [-0.2, -0.15) is 0 Å². The normalized spacial score (nSPS) is 12.7. The Morgan fingerprint density at radius 1 is 1.22 bits per heavy atom. The molecule has 0 radical (unpaired) electrons. The minimum Gasteiger partial charge on any atom is -0.491 e. The van der Waals surface area contributed by atoms with E-state index in [1.807, 2.05) is 26.0 Å². The lowest BCUT2D eigenvalue weighted by Gasteiger charge is -2.15. The van der Waals surface area contributed by atoms with Crippen LogP contribution in [-0.4, -0.2) is 25.2 Å². The first-order valence-corrected chi connectivity index (χ1v) is 6.81. The zero-order valence-electron chi connectivity index (χ0n) is 12.0. The number of rotatable bonds is 8. The van der Waals surface area contributed by atoms with E-state index < -0.39 is 0 Å². The first-order valence-electron chi connectivity index (χ1n) is 6.81. The van der Waals surface area contributed by atoms with E-state index in [4.69, 9.17) is 4.74 Å². The van der Waals surface area contributed by atoms with Crippen molar-refractivity contribution in [3.63, 3.8) is 0 Å². The van der Waals surface area contributed by atoms with Crippen LogP contribution in [0.25, 0.3) is 0 Å². The van der Waals surface area contributed by atoms with E-state index in [1.54, 1.807) is 0 Å². The number of hydrogen-bond donors (Lipinski definition) is 2. The summed E-state index contributed by atoms with van der Waals surface area (Å²) in [7, 11) is 0. The van der Waals surface area contributed by atoms with Crippen LogP contribution in [0.3, 0.4) is 0 Å². The van der Waals surface area contributed by atoms with Crippen molar-refractivity contribution in [3.05, 3.63) is 29.8 Å². The van der Waals surface area contributed by atoms with Gasteiger partial charge in [0.25, 0.3) is 0 Å². The summed E-state index contributed by atoms with van der Waals surface area (Å²) in [5.74, 6) is 0.948. The molecule has 1 aromatic rings. The Hall–Kier alpha value is -1.06. The third-order valence-electron chi connectivity index (χ3n) is 2.63. The second-order valence-corrected chi connectivity index (χ2v) is 4.90. The minimum absolute atomic E-state index is 0.223. The highest BCUT2D eigenvalue weighted by Crippen LogP contribution is 2.14. The SMILES string of the molecule is CCNCC(C)NCc1cccc(OC(C)C)c1. The number of ether oxygens (including phenoxy) is 1. The van der Waals surface area contributed by atoms with Crippen molar-refractivity contribution in [2.75, 3.05) is 13.1 Å². The van der Waals surface area contributed by atoms with Gasteiger partial charge >= 0.3 is 0 Å². The lowest BCUT2D eigenvalue weighted by molar-refractivity contribution is 0.242. The first kappa shape index (κ1) is 15.0. The fourth-order valence-electron chi connectivity index (χ4n) is 1.73. The largest absolute Gasteiger partial charge is 0.491 e. The zero-order chi connectivity index (χ0) is 13.4. The molecule has 0 aliphatic carbocycles. The number of hydrogen-bond acceptors (Lipinski definition) is 3. The quantitative estimate of drug-likeness (QED) is 0.744. The third kappa shape index (κ3) is 6.03. The molecule has 18 heavy (non-hydrogen) atoms. The fourth-order valence-corrected chi connectivity index (χ4v) is 1.73. The Labute approximate surface area is 111 Å². The molecule has 0 saturated heterocycles. The molecule has 0 amide bonds. The van der Waals surface area contributed by atoms with Crippen LogP contribution in [0.1, 0.15) is 33.3 Å². The smallest absolute Gasteiger partial charge is 0.120 e. The van der Waals surface area contributed by atoms with Gasteiger partial charge < -0.3 is 15.4 Å². The monoisotopic (exact) mass is 250 g/mol. The van der Waals surface area contributed by atoms with E-state index >= 15 is 0 Å². The molecule has 0 heterocycles. The summed E-state index contributed by atoms with van der Waals surface area (Å²) in [4.78, 5) is 0. The van der Waals surface area contributed by atoms with Crippen LogP contribution >= 0.6 is 0 Å². The van der Waals surface area contributed by atoms with Gasteiger partial charge in [0.05, 0.1) is 6.10 Å². The van der Waals surface area contributed by atoms with Gasteiger partial charge in [-0.3, -0.25) is 0 Å².